The summed E-state index contributed by atoms with van der Waals surface area (Å²) in [4.78, 5) is 24.2. The minimum Gasteiger partial charge on any atom is -0.479 e. The van der Waals surface area contributed by atoms with Crippen LogP contribution in [0.3, 0.4) is 0 Å². The molecule has 0 aromatic heterocycles. The summed E-state index contributed by atoms with van der Waals surface area (Å²) in [6.07, 6.45) is -0.637. The van der Waals surface area contributed by atoms with Crippen molar-refractivity contribution in [3.63, 3.8) is 0 Å². The number of nitrogens with zero attached hydrogens (tertiary/aromatic N) is 1. The van der Waals surface area contributed by atoms with Gasteiger partial charge in [-0.1, -0.05) is 0 Å². The van der Waals surface area contributed by atoms with Gasteiger partial charge in [0.25, 0.3) is 0 Å². The minimum atomic E-state index is -1.25. The van der Waals surface area contributed by atoms with E-state index in [4.69, 9.17) is 9.47 Å². The molecule has 2 N–H and O–H groups in total. The lowest BCUT2D eigenvalue weighted by atomic mass is 9.89. The van der Waals surface area contributed by atoms with E-state index in [1.54, 1.807) is 20.9 Å². The fraction of sp³-hybridized carbons (Fsp3) is 0.538. The normalized spacial score (nSPS) is 24.6. The lowest BCUT2D eigenvalue weighted by molar-refractivity contribution is -0.144. The minimum absolute atomic E-state index is 0.153. The topological polar surface area (TPSA) is 96.3 Å². The smallest absolute Gasteiger partial charge is 0.334 e. The highest BCUT2D eigenvalue weighted by atomic mass is 16.7. The number of likely N-dealkylation sites (N-methyl/N-ethyl adjacent to an activating group) is 1. The van der Waals surface area contributed by atoms with Gasteiger partial charge < -0.3 is 24.6 Å². The molecule has 0 spiro atoms. The van der Waals surface area contributed by atoms with Gasteiger partial charge in [0, 0.05) is 18.3 Å². The fourth-order valence-electron chi connectivity index (χ4n) is 2.64. The summed E-state index contributed by atoms with van der Waals surface area (Å²) in [5.74, 6) is -2.44. The van der Waals surface area contributed by atoms with E-state index in [2.05, 4.69) is 0 Å². The highest BCUT2D eigenvalue weighted by Crippen LogP contribution is 2.35. The van der Waals surface area contributed by atoms with Crippen LogP contribution < -0.4 is 0 Å². The Morgan fingerprint density at radius 3 is 2.20 bits per heavy atom. The van der Waals surface area contributed by atoms with Crippen molar-refractivity contribution in [1.82, 2.24) is 4.90 Å². The van der Waals surface area contributed by atoms with Crippen molar-refractivity contribution >= 4 is 11.9 Å². The first kappa shape index (κ1) is 14.5. The molecule has 0 aliphatic carbocycles. The van der Waals surface area contributed by atoms with Crippen LogP contribution in [0.25, 0.3) is 0 Å². The van der Waals surface area contributed by atoms with Crippen LogP contribution in [0.4, 0.5) is 0 Å². The standard InChI is InChI=1S/C13H17NO6/c1-6-8(13-19-4-5-20-13)7(2)14(3)10(12(17)18)9(6)11(15)16/h10,13H,4-5H2,1-3H3,(H,15,16)(H,17,18). The summed E-state index contributed by atoms with van der Waals surface area (Å²) in [6.45, 7) is 4.20. The van der Waals surface area contributed by atoms with Crippen LogP contribution in [0.15, 0.2) is 22.4 Å². The molecule has 20 heavy (non-hydrogen) atoms. The van der Waals surface area contributed by atoms with E-state index in [-0.39, 0.29) is 5.57 Å². The molecule has 1 atom stereocenters. The predicted molar refractivity (Wildman–Crippen MR) is 67.9 cm³/mol. The lowest BCUT2D eigenvalue weighted by Crippen LogP contribution is -2.45. The third kappa shape index (κ3) is 2.19. The highest BCUT2D eigenvalue weighted by molar-refractivity contribution is 5.98. The van der Waals surface area contributed by atoms with Crippen LogP contribution in [-0.4, -0.2) is 59.6 Å². The summed E-state index contributed by atoms with van der Waals surface area (Å²) in [5, 5.41) is 18.6. The van der Waals surface area contributed by atoms with Gasteiger partial charge >= 0.3 is 11.9 Å². The SMILES string of the molecule is CC1=C(C(=O)O)C(C(=O)O)N(C)C(C)=C1C1OCCO1. The quantitative estimate of drug-likeness (QED) is 0.775. The average Bonchev–Trinajstić information content (AvgIpc) is 2.86. The van der Waals surface area contributed by atoms with Crippen molar-refractivity contribution in [2.75, 3.05) is 20.3 Å². The summed E-state index contributed by atoms with van der Waals surface area (Å²) in [6, 6.07) is -1.21. The van der Waals surface area contributed by atoms with E-state index in [0.717, 1.165) is 0 Å². The zero-order chi connectivity index (χ0) is 15.0. The maximum Gasteiger partial charge on any atom is 0.334 e. The number of allylic oxidation sites excluding steroid dienone is 1. The maximum atomic E-state index is 11.4. The van der Waals surface area contributed by atoms with Crippen molar-refractivity contribution in [3.05, 3.63) is 22.4 Å². The van der Waals surface area contributed by atoms with Crippen LogP contribution in [0, 0.1) is 0 Å². The maximum absolute atomic E-state index is 11.4. The third-order valence-electron chi connectivity index (χ3n) is 3.71. The second kappa shape index (κ2) is 5.26. The predicted octanol–water partition coefficient (Wildman–Crippen LogP) is 0.433. The molecule has 2 rings (SSSR count). The summed E-state index contributed by atoms with van der Waals surface area (Å²) >= 11 is 0. The van der Waals surface area contributed by atoms with Crippen molar-refractivity contribution < 1.29 is 29.3 Å². The van der Waals surface area contributed by atoms with Gasteiger partial charge in [-0.15, -0.1) is 0 Å². The summed E-state index contributed by atoms with van der Waals surface area (Å²) < 4.78 is 10.8. The molecule has 7 heteroatoms. The lowest BCUT2D eigenvalue weighted by Gasteiger charge is -2.36. The van der Waals surface area contributed by atoms with Crippen LogP contribution >= 0.6 is 0 Å². The van der Waals surface area contributed by atoms with Crippen LogP contribution in [-0.2, 0) is 19.1 Å². The van der Waals surface area contributed by atoms with E-state index in [9.17, 15) is 19.8 Å². The monoisotopic (exact) mass is 283 g/mol. The first-order valence-electron chi connectivity index (χ1n) is 6.20. The Labute approximate surface area is 116 Å². The number of ether oxygens (including phenoxy) is 2. The van der Waals surface area contributed by atoms with Crippen LogP contribution in [0.1, 0.15) is 13.8 Å². The van der Waals surface area contributed by atoms with Gasteiger partial charge in [0.05, 0.1) is 18.8 Å². The van der Waals surface area contributed by atoms with Gasteiger partial charge in [-0.05, 0) is 19.4 Å². The number of rotatable bonds is 3. The molecule has 0 aromatic carbocycles. The van der Waals surface area contributed by atoms with Gasteiger partial charge in [-0.3, -0.25) is 0 Å². The summed E-state index contributed by atoms with van der Waals surface area (Å²) in [7, 11) is 1.55. The van der Waals surface area contributed by atoms with E-state index in [1.807, 2.05) is 0 Å². The zero-order valence-electron chi connectivity index (χ0n) is 11.5. The first-order valence-corrected chi connectivity index (χ1v) is 6.20. The Hall–Kier alpha value is -1.86. The van der Waals surface area contributed by atoms with Gasteiger partial charge in [0.15, 0.2) is 12.3 Å². The third-order valence-corrected chi connectivity index (χ3v) is 3.71. The molecular formula is C13H17NO6. The largest absolute Gasteiger partial charge is 0.479 e. The van der Waals surface area contributed by atoms with Crippen LogP contribution in [0.5, 0.6) is 0 Å². The fourth-order valence-corrected chi connectivity index (χ4v) is 2.64. The number of hydrogen-bond acceptors (Lipinski definition) is 5. The van der Waals surface area contributed by atoms with E-state index >= 15 is 0 Å². The Morgan fingerprint density at radius 2 is 1.75 bits per heavy atom. The molecular weight excluding hydrogens is 266 g/mol. The Bertz CT molecular complexity index is 515. The molecule has 0 aromatic rings. The van der Waals surface area contributed by atoms with Crippen molar-refractivity contribution in [1.29, 1.82) is 0 Å². The molecule has 1 unspecified atom stereocenters. The van der Waals surface area contributed by atoms with Crippen molar-refractivity contribution in [3.8, 4) is 0 Å². The van der Waals surface area contributed by atoms with Crippen molar-refractivity contribution in [2.24, 2.45) is 0 Å². The molecule has 7 nitrogen and oxygen atoms in total. The number of aliphatic carboxylic acids is 2. The number of carbonyl (C=O) groups is 2. The van der Waals surface area contributed by atoms with E-state index in [1.165, 1.54) is 4.90 Å². The molecule has 0 bridgehead atoms. The van der Waals surface area contributed by atoms with Gasteiger partial charge in [-0.25, -0.2) is 9.59 Å². The molecule has 2 aliphatic rings. The van der Waals surface area contributed by atoms with E-state index < -0.39 is 24.3 Å². The molecule has 1 fully saturated rings. The second-order valence-electron chi connectivity index (χ2n) is 4.77. The zero-order valence-corrected chi connectivity index (χ0v) is 11.5. The van der Waals surface area contributed by atoms with Gasteiger partial charge in [-0.2, -0.15) is 0 Å². The molecule has 0 radical (unpaired) electrons. The average molecular weight is 283 g/mol. The highest BCUT2D eigenvalue weighted by Gasteiger charge is 2.41. The molecule has 1 saturated heterocycles. The van der Waals surface area contributed by atoms with Gasteiger partial charge in [0.1, 0.15) is 0 Å². The molecule has 0 saturated carbocycles. The Balaban J connectivity index is 2.56. The number of hydrogen-bond donors (Lipinski definition) is 2. The Morgan fingerprint density at radius 1 is 1.20 bits per heavy atom. The van der Waals surface area contributed by atoms with Crippen molar-refractivity contribution in [2.45, 2.75) is 26.2 Å². The molecule has 0 amide bonds. The Kier molecular flexibility index (Phi) is 3.82. The van der Waals surface area contributed by atoms with E-state index in [0.29, 0.717) is 30.1 Å². The second-order valence-corrected chi connectivity index (χ2v) is 4.77. The van der Waals surface area contributed by atoms with Crippen LogP contribution in [0.2, 0.25) is 0 Å². The molecule has 2 heterocycles. The summed E-state index contributed by atoms with van der Waals surface area (Å²) in [5.41, 5.74) is 1.49. The number of carboxylic acids is 2. The molecule has 110 valence electrons. The number of carboxylic acid groups (broad SMARTS) is 2. The first-order chi connectivity index (χ1) is 9.36. The van der Waals surface area contributed by atoms with Gasteiger partial charge in [0.2, 0.25) is 0 Å². The molecule has 2 aliphatic heterocycles.